The van der Waals surface area contributed by atoms with Crippen molar-refractivity contribution in [2.24, 2.45) is 5.73 Å². The quantitative estimate of drug-likeness (QED) is 0.883. The molecule has 1 amide bonds. The van der Waals surface area contributed by atoms with Crippen LogP contribution in [-0.2, 0) is 12.0 Å². The van der Waals surface area contributed by atoms with Crippen LogP contribution in [0.3, 0.4) is 0 Å². The highest BCUT2D eigenvalue weighted by Gasteiger charge is 2.45. The first-order valence-corrected chi connectivity index (χ1v) is 7.78. The van der Waals surface area contributed by atoms with Crippen LogP contribution in [0, 0.1) is 6.92 Å². The maximum atomic E-state index is 12.3. The summed E-state index contributed by atoms with van der Waals surface area (Å²) >= 11 is 0. The van der Waals surface area contributed by atoms with E-state index in [1.165, 1.54) is 11.1 Å². The summed E-state index contributed by atoms with van der Waals surface area (Å²) in [7, 11) is 0. The average Bonchev–Trinajstić information content (AvgIpc) is 3.34. The normalized spacial score (nSPS) is 14.7. The van der Waals surface area contributed by atoms with Crippen molar-refractivity contribution in [3.8, 4) is 0 Å². The van der Waals surface area contributed by atoms with Crippen LogP contribution in [0.25, 0.3) is 0 Å². The van der Waals surface area contributed by atoms with Crippen LogP contribution in [0.2, 0.25) is 0 Å². The zero-order chi connectivity index (χ0) is 15.6. The van der Waals surface area contributed by atoms with E-state index in [4.69, 9.17) is 5.73 Å². The van der Waals surface area contributed by atoms with E-state index in [0.29, 0.717) is 18.7 Å². The SMILES string of the molecule is Cc1ccccc1C1(CNC(=O)c2ccc(CN)cc2)CC1.Cl. The average molecular weight is 331 g/mol. The summed E-state index contributed by atoms with van der Waals surface area (Å²) in [6.45, 7) is 3.34. The lowest BCUT2D eigenvalue weighted by Gasteiger charge is -2.19. The minimum Gasteiger partial charge on any atom is -0.351 e. The van der Waals surface area contributed by atoms with Crippen molar-refractivity contribution < 1.29 is 4.79 Å². The lowest BCUT2D eigenvalue weighted by Crippen LogP contribution is -2.32. The number of hydrogen-bond donors (Lipinski definition) is 2. The molecule has 4 heteroatoms. The molecule has 1 fully saturated rings. The highest BCUT2D eigenvalue weighted by Crippen LogP contribution is 2.48. The first kappa shape index (κ1) is 17.5. The molecule has 2 aromatic carbocycles. The highest BCUT2D eigenvalue weighted by atomic mass is 35.5. The van der Waals surface area contributed by atoms with Gasteiger partial charge in [0, 0.05) is 24.1 Å². The molecule has 0 spiro atoms. The largest absolute Gasteiger partial charge is 0.351 e. The second-order valence-electron chi connectivity index (χ2n) is 6.18. The minimum atomic E-state index is -0.0107. The van der Waals surface area contributed by atoms with Gasteiger partial charge in [0.1, 0.15) is 0 Å². The number of nitrogens with two attached hydrogens (primary N) is 1. The summed E-state index contributed by atoms with van der Waals surface area (Å²) in [6.07, 6.45) is 2.29. The molecule has 0 radical (unpaired) electrons. The Labute approximate surface area is 143 Å². The number of carbonyl (C=O) groups excluding carboxylic acids is 1. The molecule has 122 valence electrons. The summed E-state index contributed by atoms with van der Waals surface area (Å²) in [6, 6.07) is 16.0. The van der Waals surface area contributed by atoms with E-state index in [1.54, 1.807) is 0 Å². The number of nitrogens with one attached hydrogen (secondary N) is 1. The molecule has 2 aromatic rings. The Kier molecular flexibility index (Phi) is 5.45. The summed E-state index contributed by atoms with van der Waals surface area (Å²) in [5.41, 5.74) is 10.1. The van der Waals surface area contributed by atoms with Crippen LogP contribution >= 0.6 is 12.4 Å². The van der Waals surface area contributed by atoms with Gasteiger partial charge in [-0.15, -0.1) is 12.4 Å². The third kappa shape index (κ3) is 3.74. The van der Waals surface area contributed by atoms with E-state index in [-0.39, 0.29) is 23.7 Å². The van der Waals surface area contributed by atoms with E-state index in [1.807, 2.05) is 24.3 Å². The maximum Gasteiger partial charge on any atom is 0.251 e. The standard InChI is InChI=1S/C19H22N2O.ClH/c1-14-4-2-3-5-17(14)19(10-11-19)13-21-18(22)16-8-6-15(12-20)7-9-16;/h2-9H,10-13,20H2,1H3,(H,21,22);1H. The molecule has 23 heavy (non-hydrogen) atoms. The van der Waals surface area contributed by atoms with Gasteiger partial charge in [0.15, 0.2) is 0 Å². The van der Waals surface area contributed by atoms with Gasteiger partial charge in [0.05, 0.1) is 0 Å². The number of amides is 1. The van der Waals surface area contributed by atoms with Crippen molar-refractivity contribution in [2.45, 2.75) is 31.7 Å². The lowest BCUT2D eigenvalue weighted by atomic mass is 9.92. The fraction of sp³-hybridized carbons (Fsp3) is 0.316. The molecule has 0 heterocycles. The fourth-order valence-electron chi connectivity index (χ4n) is 3.00. The van der Waals surface area contributed by atoms with Crippen LogP contribution in [0.4, 0.5) is 0 Å². The van der Waals surface area contributed by atoms with Gasteiger partial charge in [0.25, 0.3) is 5.91 Å². The van der Waals surface area contributed by atoms with Crippen molar-refractivity contribution >= 4 is 18.3 Å². The molecular formula is C19H23ClN2O. The predicted molar refractivity (Wildman–Crippen MR) is 96.0 cm³/mol. The maximum absolute atomic E-state index is 12.3. The Morgan fingerprint density at radius 3 is 2.35 bits per heavy atom. The number of aryl methyl sites for hydroxylation is 1. The van der Waals surface area contributed by atoms with E-state index < -0.39 is 0 Å². The molecule has 3 N–H and O–H groups in total. The molecule has 1 aliphatic carbocycles. The summed E-state index contributed by atoms with van der Waals surface area (Å²) < 4.78 is 0. The number of carbonyl (C=O) groups is 1. The molecule has 0 saturated heterocycles. The van der Waals surface area contributed by atoms with Gasteiger partial charge < -0.3 is 11.1 Å². The van der Waals surface area contributed by atoms with Gasteiger partial charge in [-0.2, -0.15) is 0 Å². The molecule has 0 bridgehead atoms. The Hall–Kier alpha value is -1.84. The Morgan fingerprint density at radius 1 is 1.13 bits per heavy atom. The molecule has 0 aliphatic heterocycles. The topological polar surface area (TPSA) is 55.1 Å². The van der Waals surface area contributed by atoms with Crippen LogP contribution in [-0.4, -0.2) is 12.5 Å². The first-order valence-electron chi connectivity index (χ1n) is 7.78. The summed E-state index contributed by atoms with van der Waals surface area (Å²) in [4.78, 5) is 12.3. The van der Waals surface area contributed by atoms with Gasteiger partial charge in [-0.3, -0.25) is 4.79 Å². The number of benzene rings is 2. The van der Waals surface area contributed by atoms with Crippen LogP contribution < -0.4 is 11.1 Å². The molecule has 3 nitrogen and oxygen atoms in total. The van der Waals surface area contributed by atoms with Crippen LogP contribution in [0.15, 0.2) is 48.5 Å². The number of hydrogen-bond acceptors (Lipinski definition) is 2. The van der Waals surface area contributed by atoms with Gasteiger partial charge in [0.2, 0.25) is 0 Å². The van der Waals surface area contributed by atoms with Crippen molar-refractivity contribution in [1.82, 2.24) is 5.32 Å². The third-order valence-corrected chi connectivity index (χ3v) is 4.61. The van der Waals surface area contributed by atoms with E-state index in [2.05, 4.69) is 36.5 Å². The molecule has 3 rings (SSSR count). The van der Waals surface area contributed by atoms with Gasteiger partial charge in [-0.05, 0) is 48.6 Å². The van der Waals surface area contributed by atoms with E-state index in [0.717, 1.165) is 18.4 Å². The Bertz CT molecular complexity index is 678. The fourth-order valence-corrected chi connectivity index (χ4v) is 3.00. The number of rotatable bonds is 5. The zero-order valence-electron chi connectivity index (χ0n) is 13.3. The van der Waals surface area contributed by atoms with Gasteiger partial charge >= 0.3 is 0 Å². The van der Waals surface area contributed by atoms with Crippen molar-refractivity contribution in [2.75, 3.05) is 6.54 Å². The van der Waals surface area contributed by atoms with Gasteiger partial charge in [-0.25, -0.2) is 0 Å². The molecule has 1 aliphatic rings. The molecule has 1 saturated carbocycles. The van der Waals surface area contributed by atoms with E-state index >= 15 is 0 Å². The molecule has 0 atom stereocenters. The van der Waals surface area contributed by atoms with E-state index in [9.17, 15) is 4.79 Å². The lowest BCUT2D eigenvalue weighted by molar-refractivity contribution is 0.0949. The Balaban J connectivity index is 0.00000192. The highest BCUT2D eigenvalue weighted by molar-refractivity contribution is 5.94. The smallest absolute Gasteiger partial charge is 0.251 e. The van der Waals surface area contributed by atoms with Crippen LogP contribution in [0.1, 0.15) is 39.9 Å². The van der Waals surface area contributed by atoms with Crippen molar-refractivity contribution in [3.05, 3.63) is 70.8 Å². The second kappa shape index (κ2) is 7.16. The Morgan fingerprint density at radius 2 is 1.78 bits per heavy atom. The van der Waals surface area contributed by atoms with Crippen molar-refractivity contribution in [3.63, 3.8) is 0 Å². The molecule has 0 unspecified atom stereocenters. The van der Waals surface area contributed by atoms with Crippen molar-refractivity contribution in [1.29, 1.82) is 0 Å². The number of halogens is 1. The third-order valence-electron chi connectivity index (χ3n) is 4.61. The zero-order valence-corrected chi connectivity index (χ0v) is 14.2. The molecular weight excluding hydrogens is 308 g/mol. The monoisotopic (exact) mass is 330 g/mol. The molecule has 0 aromatic heterocycles. The minimum absolute atomic E-state index is 0. The summed E-state index contributed by atoms with van der Waals surface area (Å²) in [5.74, 6) is -0.0107. The van der Waals surface area contributed by atoms with Crippen LogP contribution in [0.5, 0.6) is 0 Å². The summed E-state index contributed by atoms with van der Waals surface area (Å²) in [5, 5.41) is 3.09. The predicted octanol–water partition coefficient (Wildman–Crippen LogP) is 3.34. The second-order valence-corrected chi connectivity index (χ2v) is 6.18. The first-order chi connectivity index (χ1) is 10.6. The van der Waals surface area contributed by atoms with Gasteiger partial charge in [-0.1, -0.05) is 36.4 Å².